The normalized spacial score (nSPS) is 12.3. The van der Waals surface area contributed by atoms with Crippen LogP contribution in [0.1, 0.15) is 37.6 Å². The molecule has 0 aliphatic heterocycles. The second-order valence-corrected chi connectivity index (χ2v) is 7.12. The van der Waals surface area contributed by atoms with Crippen LogP contribution in [0.25, 0.3) is 16.9 Å². The number of imidazole rings is 1. The minimum absolute atomic E-state index is 0.0883. The first kappa shape index (κ1) is 18.6. The van der Waals surface area contributed by atoms with Gasteiger partial charge in [0.15, 0.2) is 5.65 Å². The summed E-state index contributed by atoms with van der Waals surface area (Å²) in [6, 6.07) is 12.6. The van der Waals surface area contributed by atoms with Gasteiger partial charge in [-0.15, -0.1) is 0 Å². The molecule has 27 heavy (non-hydrogen) atoms. The van der Waals surface area contributed by atoms with Crippen molar-refractivity contribution >= 4 is 23.3 Å². The van der Waals surface area contributed by atoms with Gasteiger partial charge in [0.1, 0.15) is 17.1 Å². The smallest absolute Gasteiger partial charge is 0.339 e. The number of carboxylic acids is 1. The van der Waals surface area contributed by atoms with Crippen molar-refractivity contribution in [2.45, 2.75) is 27.2 Å². The Morgan fingerprint density at radius 2 is 1.81 bits per heavy atom. The van der Waals surface area contributed by atoms with E-state index in [2.05, 4.69) is 24.1 Å². The lowest BCUT2D eigenvalue weighted by Crippen LogP contribution is -2.22. The van der Waals surface area contributed by atoms with Crippen LogP contribution in [0.15, 0.2) is 48.7 Å². The molecule has 6 nitrogen and oxygen atoms in total. The summed E-state index contributed by atoms with van der Waals surface area (Å²) < 4.78 is 1.63. The molecule has 140 valence electrons. The summed E-state index contributed by atoms with van der Waals surface area (Å²) in [6.07, 6.45) is 2.48. The van der Waals surface area contributed by atoms with E-state index in [0.717, 1.165) is 12.0 Å². The van der Waals surface area contributed by atoms with Gasteiger partial charge >= 0.3 is 5.97 Å². The number of nitrogens with zero attached hydrogens (tertiary/aromatic N) is 2. The fraction of sp³-hybridized carbons (Fsp3) is 0.286. The molecule has 0 saturated heterocycles. The van der Waals surface area contributed by atoms with Crippen LogP contribution in [-0.2, 0) is 4.79 Å². The zero-order valence-electron chi connectivity index (χ0n) is 15.6. The molecule has 0 aliphatic rings. The SMILES string of the molecule is CC(C)CC(C)C(=O)Nc1c(-c2ccccc2)nc2c(C(=O)O)cccn12. The van der Waals surface area contributed by atoms with E-state index in [1.54, 1.807) is 16.7 Å². The summed E-state index contributed by atoms with van der Waals surface area (Å²) in [4.78, 5) is 28.9. The lowest BCUT2D eigenvalue weighted by molar-refractivity contribution is -0.119. The highest BCUT2D eigenvalue weighted by Gasteiger charge is 2.22. The van der Waals surface area contributed by atoms with E-state index in [1.165, 1.54) is 6.07 Å². The molecule has 2 aromatic heterocycles. The van der Waals surface area contributed by atoms with Crippen LogP contribution < -0.4 is 5.32 Å². The molecule has 2 heterocycles. The molecule has 0 aliphatic carbocycles. The first-order valence-corrected chi connectivity index (χ1v) is 8.99. The highest BCUT2D eigenvalue weighted by Crippen LogP contribution is 2.30. The van der Waals surface area contributed by atoms with Crippen molar-refractivity contribution in [2.75, 3.05) is 5.32 Å². The molecule has 1 unspecified atom stereocenters. The molecule has 1 atom stereocenters. The van der Waals surface area contributed by atoms with E-state index < -0.39 is 5.97 Å². The molecule has 3 rings (SSSR count). The molecule has 0 saturated carbocycles. The maximum Gasteiger partial charge on any atom is 0.339 e. The van der Waals surface area contributed by atoms with Gasteiger partial charge < -0.3 is 10.4 Å². The Kier molecular flexibility index (Phi) is 5.26. The van der Waals surface area contributed by atoms with E-state index in [9.17, 15) is 14.7 Å². The maximum atomic E-state index is 12.7. The highest BCUT2D eigenvalue weighted by atomic mass is 16.4. The Morgan fingerprint density at radius 3 is 2.44 bits per heavy atom. The van der Waals surface area contributed by atoms with Gasteiger partial charge in [0.05, 0.1) is 0 Å². The molecule has 1 amide bonds. The van der Waals surface area contributed by atoms with E-state index in [4.69, 9.17) is 0 Å². The summed E-state index contributed by atoms with van der Waals surface area (Å²) in [5.74, 6) is -0.443. The number of carbonyl (C=O) groups excluding carboxylic acids is 1. The number of nitrogens with one attached hydrogen (secondary N) is 1. The average molecular weight is 365 g/mol. The molecule has 2 N–H and O–H groups in total. The van der Waals surface area contributed by atoms with Crippen LogP contribution in [0.2, 0.25) is 0 Å². The van der Waals surface area contributed by atoms with Crippen LogP contribution in [0.3, 0.4) is 0 Å². The van der Waals surface area contributed by atoms with Gasteiger partial charge in [0, 0.05) is 17.7 Å². The van der Waals surface area contributed by atoms with Crippen molar-refractivity contribution in [1.29, 1.82) is 0 Å². The highest BCUT2D eigenvalue weighted by molar-refractivity contribution is 5.99. The van der Waals surface area contributed by atoms with Crippen molar-refractivity contribution in [3.05, 3.63) is 54.2 Å². The number of aromatic nitrogens is 2. The number of carboxylic acid groups (broad SMARTS) is 1. The third-order valence-corrected chi connectivity index (χ3v) is 4.44. The van der Waals surface area contributed by atoms with E-state index in [0.29, 0.717) is 23.1 Å². The van der Waals surface area contributed by atoms with Gasteiger partial charge in [0.25, 0.3) is 0 Å². The first-order valence-electron chi connectivity index (χ1n) is 8.99. The van der Waals surface area contributed by atoms with Crippen molar-refractivity contribution in [2.24, 2.45) is 11.8 Å². The topological polar surface area (TPSA) is 83.7 Å². The lowest BCUT2D eigenvalue weighted by atomic mass is 9.98. The molecule has 6 heteroatoms. The molecule has 0 radical (unpaired) electrons. The molecule has 0 bridgehead atoms. The standard InChI is InChI=1S/C21H23N3O3/c1-13(2)12-14(3)20(25)23-19-17(15-8-5-4-6-9-15)22-18-16(21(26)27)10-7-11-24(18)19/h4-11,13-14H,12H2,1-3H3,(H,23,25)(H,26,27). The van der Waals surface area contributed by atoms with Crippen LogP contribution >= 0.6 is 0 Å². The van der Waals surface area contributed by atoms with Crippen LogP contribution in [0, 0.1) is 11.8 Å². The fourth-order valence-corrected chi connectivity index (χ4v) is 3.21. The summed E-state index contributed by atoms with van der Waals surface area (Å²) in [6.45, 7) is 6.04. The van der Waals surface area contributed by atoms with Gasteiger partial charge in [-0.05, 0) is 24.5 Å². The summed E-state index contributed by atoms with van der Waals surface area (Å²) in [7, 11) is 0. The van der Waals surface area contributed by atoms with E-state index in [-0.39, 0.29) is 17.4 Å². The number of rotatable bonds is 6. The number of fused-ring (bicyclic) bond motifs is 1. The number of hydrogen-bond donors (Lipinski definition) is 2. The number of benzene rings is 1. The van der Waals surface area contributed by atoms with Crippen molar-refractivity contribution < 1.29 is 14.7 Å². The monoisotopic (exact) mass is 365 g/mol. The second kappa shape index (κ2) is 7.61. The quantitative estimate of drug-likeness (QED) is 0.681. The van der Waals surface area contributed by atoms with Gasteiger partial charge in [-0.3, -0.25) is 9.20 Å². The largest absolute Gasteiger partial charge is 0.478 e. The molecular weight excluding hydrogens is 342 g/mol. The van der Waals surface area contributed by atoms with Crippen molar-refractivity contribution in [3.63, 3.8) is 0 Å². The fourth-order valence-electron chi connectivity index (χ4n) is 3.21. The molecule has 0 fully saturated rings. The van der Waals surface area contributed by atoms with Crippen LogP contribution in [0.5, 0.6) is 0 Å². The van der Waals surface area contributed by atoms with Gasteiger partial charge in [0.2, 0.25) is 5.91 Å². The van der Waals surface area contributed by atoms with Crippen LogP contribution in [0.4, 0.5) is 5.82 Å². The average Bonchev–Trinajstić information content (AvgIpc) is 3.00. The Morgan fingerprint density at radius 1 is 1.11 bits per heavy atom. The number of amides is 1. The number of anilines is 1. The Labute approximate surface area is 157 Å². The summed E-state index contributed by atoms with van der Waals surface area (Å²) in [5.41, 5.74) is 1.75. The van der Waals surface area contributed by atoms with E-state index >= 15 is 0 Å². The minimum Gasteiger partial charge on any atom is -0.478 e. The van der Waals surface area contributed by atoms with Crippen molar-refractivity contribution in [1.82, 2.24) is 9.38 Å². The van der Waals surface area contributed by atoms with Gasteiger partial charge in [-0.2, -0.15) is 0 Å². The lowest BCUT2D eigenvalue weighted by Gasteiger charge is -2.15. The predicted molar refractivity (Wildman–Crippen MR) is 105 cm³/mol. The third kappa shape index (κ3) is 3.84. The van der Waals surface area contributed by atoms with E-state index in [1.807, 2.05) is 37.3 Å². The molecular formula is C21H23N3O3. The molecule has 3 aromatic rings. The first-order chi connectivity index (χ1) is 12.9. The number of aromatic carboxylic acids is 1. The molecule has 1 aromatic carbocycles. The zero-order chi connectivity index (χ0) is 19.6. The summed E-state index contributed by atoms with van der Waals surface area (Å²) in [5, 5.41) is 12.5. The number of carbonyl (C=O) groups is 2. The third-order valence-electron chi connectivity index (χ3n) is 4.44. The molecule has 0 spiro atoms. The van der Waals surface area contributed by atoms with Crippen molar-refractivity contribution in [3.8, 4) is 11.3 Å². The number of hydrogen-bond acceptors (Lipinski definition) is 3. The Balaban J connectivity index is 2.13. The Hall–Kier alpha value is -3.15. The second-order valence-electron chi connectivity index (χ2n) is 7.12. The van der Waals surface area contributed by atoms with Crippen LogP contribution in [-0.4, -0.2) is 26.4 Å². The van der Waals surface area contributed by atoms with Gasteiger partial charge in [-0.1, -0.05) is 51.1 Å². The maximum absolute atomic E-state index is 12.7. The minimum atomic E-state index is -1.06. The van der Waals surface area contributed by atoms with Gasteiger partial charge in [-0.25, -0.2) is 9.78 Å². The number of pyridine rings is 1. The zero-order valence-corrected chi connectivity index (χ0v) is 15.6. The summed E-state index contributed by atoms with van der Waals surface area (Å²) >= 11 is 0. The Bertz CT molecular complexity index is 977. The predicted octanol–water partition coefficient (Wildman–Crippen LogP) is 4.32.